The Kier molecular flexibility index (Phi) is 5.93. The van der Waals surface area contributed by atoms with Crippen molar-refractivity contribution >= 4 is 27.2 Å². The van der Waals surface area contributed by atoms with Gasteiger partial charge < -0.3 is 10.1 Å². The molecule has 0 aliphatic rings. The second kappa shape index (κ2) is 7.94. The molecule has 0 heterocycles. The molecule has 7 heteroatoms. The quantitative estimate of drug-likeness (QED) is 0.766. The molecule has 0 aliphatic carbocycles. The standard InChI is InChI=1S/C18H19NO5S/c1-3-17(20)13-4-8-15(9-5-13)24-12-18(21)19-14-6-10-16(11-7-14)25(2,22)23/h4-11H,3,12H2,1-2H3,(H,19,21). The normalized spacial score (nSPS) is 11.0. The number of sulfone groups is 1. The van der Waals surface area contributed by atoms with Crippen molar-refractivity contribution in [3.05, 3.63) is 54.1 Å². The van der Waals surface area contributed by atoms with Gasteiger partial charge in [0.05, 0.1) is 4.90 Å². The summed E-state index contributed by atoms with van der Waals surface area (Å²) in [5.74, 6) is 0.151. The van der Waals surface area contributed by atoms with Gasteiger partial charge in [0.15, 0.2) is 22.2 Å². The van der Waals surface area contributed by atoms with Crippen LogP contribution >= 0.6 is 0 Å². The minimum atomic E-state index is -3.27. The predicted molar refractivity (Wildman–Crippen MR) is 94.7 cm³/mol. The Labute approximate surface area is 146 Å². The van der Waals surface area contributed by atoms with E-state index in [1.807, 2.05) is 0 Å². The number of hydrogen-bond donors (Lipinski definition) is 1. The third-order valence-corrected chi connectivity index (χ3v) is 4.56. The molecule has 0 radical (unpaired) electrons. The van der Waals surface area contributed by atoms with Crippen LogP contribution in [-0.2, 0) is 14.6 Å². The van der Waals surface area contributed by atoms with Crippen LogP contribution in [0.15, 0.2) is 53.4 Å². The van der Waals surface area contributed by atoms with Crippen molar-refractivity contribution < 1.29 is 22.7 Å². The molecular weight excluding hydrogens is 342 g/mol. The van der Waals surface area contributed by atoms with E-state index in [1.165, 1.54) is 24.3 Å². The Hall–Kier alpha value is -2.67. The molecule has 0 unspecified atom stereocenters. The van der Waals surface area contributed by atoms with Crippen LogP contribution in [0.4, 0.5) is 5.69 Å². The fourth-order valence-electron chi connectivity index (χ4n) is 2.07. The first-order valence-electron chi connectivity index (χ1n) is 7.65. The van der Waals surface area contributed by atoms with Crippen molar-refractivity contribution in [1.29, 1.82) is 0 Å². The second-order valence-electron chi connectivity index (χ2n) is 5.43. The fourth-order valence-corrected chi connectivity index (χ4v) is 2.70. The number of anilines is 1. The molecule has 132 valence electrons. The number of carbonyl (C=O) groups excluding carboxylic acids is 2. The van der Waals surface area contributed by atoms with Gasteiger partial charge >= 0.3 is 0 Å². The summed E-state index contributed by atoms with van der Waals surface area (Å²) in [6, 6.07) is 12.5. The van der Waals surface area contributed by atoms with E-state index >= 15 is 0 Å². The number of amides is 1. The molecule has 0 saturated heterocycles. The Morgan fingerprint density at radius 1 is 1.00 bits per heavy atom. The number of rotatable bonds is 7. The molecule has 0 bridgehead atoms. The molecule has 0 atom stereocenters. The topological polar surface area (TPSA) is 89.5 Å². The van der Waals surface area contributed by atoms with E-state index < -0.39 is 9.84 Å². The number of hydrogen-bond acceptors (Lipinski definition) is 5. The van der Waals surface area contributed by atoms with Crippen molar-refractivity contribution in [3.63, 3.8) is 0 Å². The van der Waals surface area contributed by atoms with E-state index in [0.29, 0.717) is 23.4 Å². The number of ketones is 1. The van der Waals surface area contributed by atoms with Crippen LogP contribution in [0.3, 0.4) is 0 Å². The molecule has 2 aromatic rings. The van der Waals surface area contributed by atoms with Crippen LogP contribution in [-0.4, -0.2) is 33.0 Å². The van der Waals surface area contributed by atoms with Crippen LogP contribution in [0.1, 0.15) is 23.7 Å². The van der Waals surface area contributed by atoms with E-state index in [2.05, 4.69) is 5.32 Å². The summed E-state index contributed by atoms with van der Waals surface area (Å²) in [5, 5.41) is 2.62. The summed E-state index contributed by atoms with van der Waals surface area (Å²) in [7, 11) is -3.27. The lowest BCUT2D eigenvalue weighted by Crippen LogP contribution is -2.20. The molecule has 0 saturated carbocycles. The van der Waals surface area contributed by atoms with E-state index in [4.69, 9.17) is 4.74 Å². The summed E-state index contributed by atoms with van der Waals surface area (Å²) in [4.78, 5) is 23.6. The smallest absolute Gasteiger partial charge is 0.262 e. The van der Waals surface area contributed by atoms with Gasteiger partial charge in [-0.2, -0.15) is 0 Å². The first kappa shape index (κ1) is 18.7. The maximum Gasteiger partial charge on any atom is 0.262 e. The van der Waals surface area contributed by atoms with Crippen molar-refractivity contribution in [2.24, 2.45) is 0 Å². The Bertz CT molecular complexity index is 855. The lowest BCUT2D eigenvalue weighted by atomic mass is 10.1. The zero-order chi connectivity index (χ0) is 18.4. The molecule has 2 rings (SSSR count). The monoisotopic (exact) mass is 361 g/mol. The molecule has 0 spiro atoms. The average molecular weight is 361 g/mol. The number of nitrogens with one attached hydrogen (secondary N) is 1. The minimum absolute atomic E-state index is 0.0434. The van der Waals surface area contributed by atoms with Gasteiger partial charge in [0, 0.05) is 23.9 Å². The predicted octanol–water partition coefficient (Wildman–Crippen LogP) is 2.70. The van der Waals surface area contributed by atoms with Crippen LogP contribution in [0, 0.1) is 0 Å². The highest BCUT2D eigenvalue weighted by Gasteiger charge is 2.08. The van der Waals surface area contributed by atoms with Gasteiger partial charge in [0.2, 0.25) is 0 Å². The molecular formula is C18H19NO5S. The molecule has 0 aliphatic heterocycles. The van der Waals surface area contributed by atoms with E-state index in [-0.39, 0.29) is 23.2 Å². The number of carbonyl (C=O) groups is 2. The van der Waals surface area contributed by atoms with E-state index in [1.54, 1.807) is 31.2 Å². The molecule has 0 fully saturated rings. The van der Waals surface area contributed by atoms with Gasteiger partial charge in [-0.15, -0.1) is 0 Å². The Balaban J connectivity index is 1.89. The van der Waals surface area contributed by atoms with Crippen molar-refractivity contribution in [3.8, 4) is 5.75 Å². The summed E-state index contributed by atoms with van der Waals surface area (Å²) in [6.07, 6.45) is 1.55. The molecule has 1 amide bonds. The largest absolute Gasteiger partial charge is 0.484 e. The van der Waals surface area contributed by atoms with Crippen LogP contribution < -0.4 is 10.1 Å². The molecule has 0 aromatic heterocycles. The lowest BCUT2D eigenvalue weighted by Gasteiger charge is -2.08. The zero-order valence-electron chi connectivity index (χ0n) is 14.0. The maximum atomic E-state index is 11.9. The van der Waals surface area contributed by atoms with Gasteiger partial charge in [-0.3, -0.25) is 9.59 Å². The molecule has 1 N–H and O–H groups in total. The highest BCUT2D eigenvalue weighted by molar-refractivity contribution is 7.90. The summed E-state index contributed by atoms with van der Waals surface area (Å²) in [5.41, 5.74) is 1.08. The Morgan fingerprint density at radius 2 is 1.60 bits per heavy atom. The van der Waals surface area contributed by atoms with Gasteiger partial charge in [-0.05, 0) is 48.5 Å². The second-order valence-corrected chi connectivity index (χ2v) is 7.45. The summed E-state index contributed by atoms with van der Waals surface area (Å²) in [6.45, 7) is 1.59. The lowest BCUT2D eigenvalue weighted by molar-refractivity contribution is -0.118. The molecule has 2 aromatic carbocycles. The van der Waals surface area contributed by atoms with Gasteiger partial charge in [0.1, 0.15) is 5.75 Å². The van der Waals surface area contributed by atoms with Crippen molar-refractivity contribution in [2.75, 3.05) is 18.2 Å². The number of ether oxygens (including phenoxy) is 1. The van der Waals surface area contributed by atoms with Crippen molar-refractivity contribution in [2.45, 2.75) is 18.2 Å². The Morgan fingerprint density at radius 3 is 2.12 bits per heavy atom. The van der Waals surface area contributed by atoms with Crippen molar-refractivity contribution in [1.82, 2.24) is 0 Å². The molecule has 25 heavy (non-hydrogen) atoms. The summed E-state index contributed by atoms with van der Waals surface area (Å²) >= 11 is 0. The zero-order valence-corrected chi connectivity index (χ0v) is 14.8. The summed E-state index contributed by atoms with van der Waals surface area (Å²) < 4.78 is 28.1. The first-order valence-corrected chi connectivity index (χ1v) is 9.55. The van der Waals surface area contributed by atoms with E-state index in [9.17, 15) is 18.0 Å². The number of Topliss-reactive ketones (excluding diaryl/α,β-unsaturated/α-hetero) is 1. The first-order chi connectivity index (χ1) is 11.8. The SMILES string of the molecule is CCC(=O)c1ccc(OCC(=O)Nc2ccc(S(C)(=O)=O)cc2)cc1. The number of benzene rings is 2. The van der Waals surface area contributed by atoms with Crippen LogP contribution in [0.25, 0.3) is 0 Å². The van der Waals surface area contributed by atoms with Crippen LogP contribution in [0.5, 0.6) is 5.75 Å². The third kappa shape index (κ3) is 5.42. The maximum absolute atomic E-state index is 11.9. The van der Waals surface area contributed by atoms with Gasteiger partial charge in [-0.1, -0.05) is 6.92 Å². The molecule has 6 nitrogen and oxygen atoms in total. The van der Waals surface area contributed by atoms with Crippen LogP contribution in [0.2, 0.25) is 0 Å². The third-order valence-electron chi connectivity index (χ3n) is 3.43. The van der Waals surface area contributed by atoms with Gasteiger partial charge in [-0.25, -0.2) is 8.42 Å². The highest BCUT2D eigenvalue weighted by Crippen LogP contribution is 2.15. The van der Waals surface area contributed by atoms with Gasteiger partial charge in [0.25, 0.3) is 5.91 Å². The van der Waals surface area contributed by atoms with E-state index in [0.717, 1.165) is 6.26 Å². The highest BCUT2D eigenvalue weighted by atomic mass is 32.2. The average Bonchev–Trinajstić information content (AvgIpc) is 2.59. The minimum Gasteiger partial charge on any atom is -0.484 e. The fraction of sp³-hybridized carbons (Fsp3) is 0.222.